The number of nitro groups is 1. The summed E-state index contributed by atoms with van der Waals surface area (Å²) in [5.41, 5.74) is 1.63. The van der Waals surface area contributed by atoms with Gasteiger partial charge in [0.15, 0.2) is 5.13 Å². The Morgan fingerprint density at radius 2 is 1.78 bits per heavy atom. The first-order chi connectivity index (χ1) is 15.5. The number of hydrogen-bond acceptors (Lipinski definition) is 7. The van der Waals surface area contributed by atoms with E-state index >= 15 is 0 Å². The lowest BCUT2D eigenvalue weighted by molar-refractivity contribution is -0.384. The Hall–Kier alpha value is -3.76. The van der Waals surface area contributed by atoms with Gasteiger partial charge in [0, 0.05) is 28.3 Å². The summed E-state index contributed by atoms with van der Waals surface area (Å²) in [6.07, 6.45) is 0. The minimum atomic E-state index is -0.518. The molecule has 10 heteroatoms. The molecule has 0 saturated carbocycles. The van der Waals surface area contributed by atoms with Crippen molar-refractivity contribution in [2.75, 3.05) is 16.4 Å². The molecule has 0 radical (unpaired) electrons. The summed E-state index contributed by atoms with van der Waals surface area (Å²) in [7, 11) is 0. The average molecular weight is 465 g/mol. The number of fused-ring (bicyclic) bond motifs is 1. The molecule has 2 N–H and O–H groups in total. The zero-order chi connectivity index (χ0) is 22.5. The van der Waals surface area contributed by atoms with Crippen LogP contribution in [0.25, 0.3) is 10.2 Å². The van der Waals surface area contributed by atoms with E-state index in [9.17, 15) is 19.7 Å². The minimum absolute atomic E-state index is 0.0796. The topological polar surface area (TPSA) is 114 Å². The van der Waals surface area contributed by atoms with Crippen molar-refractivity contribution in [2.24, 2.45) is 0 Å². The van der Waals surface area contributed by atoms with Crippen molar-refractivity contribution in [3.63, 3.8) is 0 Å². The number of anilines is 2. The number of non-ortho nitro benzene ring substituents is 1. The highest BCUT2D eigenvalue weighted by atomic mass is 32.2. The first kappa shape index (κ1) is 21.5. The van der Waals surface area contributed by atoms with Gasteiger partial charge < -0.3 is 10.6 Å². The van der Waals surface area contributed by atoms with E-state index in [1.54, 1.807) is 18.2 Å². The number of thiazole rings is 1. The fourth-order valence-corrected chi connectivity index (χ4v) is 4.47. The summed E-state index contributed by atoms with van der Waals surface area (Å²) in [6, 6.07) is 20.2. The first-order valence-electron chi connectivity index (χ1n) is 9.42. The van der Waals surface area contributed by atoms with Crippen LogP contribution in [0.5, 0.6) is 0 Å². The van der Waals surface area contributed by atoms with Crippen molar-refractivity contribution in [3.8, 4) is 0 Å². The second kappa shape index (κ2) is 9.58. The van der Waals surface area contributed by atoms with Gasteiger partial charge in [0.05, 0.1) is 20.9 Å². The molecule has 2 amide bonds. The number of carbonyl (C=O) groups excluding carboxylic acids is 2. The Balaban J connectivity index is 1.33. The maximum absolute atomic E-state index is 12.4. The second-order valence-electron chi connectivity index (χ2n) is 6.61. The molecular weight excluding hydrogens is 448 g/mol. The Kier molecular flexibility index (Phi) is 6.43. The molecule has 0 aliphatic heterocycles. The highest BCUT2D eigenvalue weighted by Gasteiger charge is 2.11. The number of aromatic nitrogens is 1. The lowest BCUT2D eigenvalue weighted by atomic mass is 10.2. The van der Waals surface area contributed by atoms with Crippen LogP contribution in [0.3, 0.4) is 0 Å². The minimum Gasteiger partial charge on any atom is -0.322 e. The third-order valence-electron chi connectivity index (χ3n) is 4.34. The molecule has 0 unspecified atom stereocenters. The van der Waals surface area contributed by atoms with Crippen molar-refractivity contribution in [1.29, 1.82) is 0 Å². The van der Waals surface area contributed by atoms with E-state index in [1.165, 1.54) is 47.4 Å². The number of thioether (sulfide) groups is 1. The van der Waals surface area contributed by atoms with E-state index in [4.69, 9.17) is 0 Å². The van der Waals surface area contributed by atoms with Crippen LogP contribution in [-0.2, 0) is 4.79 Å². The normalized spacial score (nSPS) is 10.6. The quantitative estimate of drug-likeness (QED) is 0.221. The van der Waals surface area contributed by atoms with E-state index in [2.05, 4.69) is 15.6 Å². The second-order valence-corrected chi connectivity index (χ2v) is 8.69. The summed E-state index contributed by atoms with van der Waals surface area (Å²) >= 11 is 2.76. The van der Waals surface area contributed by atoms with Crippen LogP contribution < -0.4 is 10.6 Å². The average Bonchev–Trinajstić information content (AvgIpc) is 3.20. The summed E-state index contributed by atoms with van der Waals surface area (Å²) < 4.78 is 1.01. The van der Waals surface area contributed by atoms with E-state index in [-0.39, 0.29) is 23.3 Å². The summed E-state index contributed by atoms with van der Waals surface area (Å²) in [6.45, 7) is 0. The van der Waals surface area contributed by atoms with E-state index in [0.717, 1.165) is 15.1 Å². The number of nitrogens with zero attached hydrogens (tertiary/aromatic N) is 2. The molecule has 0 saturated heterocycles. The van der Waals surface area contributed by atoms with Crippen molar-refractivity contribution in [2.45, 2.75) is 4.90 Å². The Morgan fingerprint density at radius 1 is 1.00 bits per heavy atom. The molecule has 0 atom stereocenters. The zero-order valence-electron chi connectivity index (χ0n) is 16.5. The van der Waals surface area contributed by atoms with Gasteiger partial charge in [-0.2, -0.15) is 0 Å². The van der Waals surface area contributed by atoms with Gasteiger partial charge in [-0.1, -0.05) is 29.5 Å². The molecule has 4 aromatic rings. The van der Waals surface area contributed by atoms with Crippen LogP contribution in [0, 0.1) is 10.1 Å². The molecule has 1 heterocycles. The highest BCUT2D eigenvalue weighted by Crippen LogP contribution is 2.26. The standard InChI is InChI=1S/C22H16N4O4S2/c27-20(25-22-24-18-6-1-2-7-19(18)32-22)13-31-17-5-3-4-15(12-17)23-21(28)14-8-10-16(11-9-14)26(29)30/h1-12H,13H2,(H,23,28)(H,24,25,27). The first-order valence-corrected chi connectivity index (χ1v) is 11.2. The molecule has 0 aliphatic rings. The smallest absolute Gasteiger partial charge is 0.269 e. The van der Waals surface area contributed by atoms with E-state index in [1.807, 2.05) is 30.3 Å². The molecular formula is C22H16N4O4S2. The molecule has 8 nitrogen and oxygen atoms in total. The van der Waals surface area contributed by atoms with Crippen molar-refractivity contribution >= 4 is 61.6 Å². The van der Waals surface area contributed by atoms with E-state index in [0.29, 0.717) is 16.4 Å². The van der Waals surface area contributed by atoms with Crippen LogP contribution in [-0.4, -0.2) is 27.5 Å². The summed E-state index contributed by atoms with van der Waals surface area (Å²) in [5, 5.41) is 16.9. The molecule has 4 rings (SSSR count). The van der Waals surface area contributed by atoms with Crippen LogP contribution in [0.4, 0.5) is 16.5 Å². The van der Waals surface area contributed by atoms with Gasteiger partial charge in [-0.25, -0.2) is 4.98 Å². The molecule has 1 aromatic heterocycles. The fraction of sp³-hybridized carbons (Fsp3) is 0.0455. The largest absolute Gasteiger partial charge is 0.322 e. The third kappa shape index (κ3) is 5.29. The Morgan fingerprint density at radius 3 is 2.53 bits per heavy atom. The molecule has 0 fully saturated rings. The molecule has 160 valence electrons. The van der Waals surface area contributed by atoms with Crippen molar-refractivity contribution in [3.05, 3.63) is 88.5 Å². The third-order valence-corrected chi connectivity index (χ3v) is 6.29. The van der Waals surface area contributed by atoms with Gasteiger partial charge in [0.25, 0.3) is 11.6 Å². The predicted molar refractivity (Wildman–Crippen MR) is 126 cm³/mol. The van der Waals surface area contributed by atoms with Gasteiger partial charge in [0.2, 0.25) is 5.91 Å². The predicted octanol–water partition coefficient (Wildman–Crippen LogP) is 5.19. The summed E-state index contributed by atoms with van der Waals surface area (Å²) in [4.78, 5) is 40.1. The van der Waals surface area contributed by atoms with Crippen LogP contribution >= 0.6 is 23.1 Å². The monoisotopic (exact) mass is 464 g/mol. The number of nitrogens with one attached hydrogen (secondary N) is 2. The van der Waals surface area contributed by atoms with Gasteiger partial charge in [-0.3, -0.25) is 19.7 Å². The lowest BCUT2D eigenvalue weighted by Crippen LogP contribution is -2.14. The molecule has 3 aromatic carbocycles. The molecule has 0 aliphatic carbocycles. The van der Waals surface area contributed by atoms with Crippen molar-refractivity contribution in [1.82, 2.24) is 4.98 Å². The van der Waals surface area contributed by atoms with Gasteiger partial charge in [-0.15, -0.1) is 11.8 Å². The van der Waals surface area contributed by atoms with Crippen LogP contribution in [0.2, 0.25) is 0 Å². The van der Waals surface area contributed by atoms with Gasteiger partial charge >= 0.3 is 0 Å². The maximum Gasteiger partial charge on any atom is 0.269 e. The highest BCUT2D eigenvalue weighted by molar-refractivity contribution is 8.00. The zero-order valence-corrected chi connectivity index (χ0v) is 18.1. The van der Waals surface area contributed by atoms with Gasteiger partial charge in [0.1, 0.15) is 0 Å². The fourth-order valence-electron chi connectivity index (χ4n) is 2.83. The number of carbonyl (C=O) groups is 2. The number of amides is 2. The summed E-state index contributed by atoms with van der Waals surface area (Å²) in [5.74, 6) is -0.361. The molecule has 0 spiro atoms. The lowest BCUT2D eigenvalue weighted by Gasteiger charge is -2.07. The maximum atomic E-state index is 12.4. The molecule has 32 heavy (non-hydrogen) atoms. The van der Waals surface area contributed by atoms with Gasteiger partial charge in [-0.05, 0) is 42.5 Å². The Labute approximate surface area is 190 Å². The Bertz CT molecular complexity index is 1270. The van der Waals surface area contributed by atoms with E-state index < -0.39 is 4.92 Å². The number of rotatable bonds is 7. The number of para-hydroxylation sites is 1. The number of hydrogen-bond donors (Lipinski definition) is 2. The SMILES string of the molecule is O=C(CSc1cccc(NC(=O)c2ccc([N+](=O)[O-])cc2)c1)Nc1nc2ccccc2s1. The number of benzene rings is 3. The van der Waals surface area contributed by atoms with Crippen LogP contribution in [0.1, 0.15) is 10.4 Å². The number of nitro benzene ring substituents is 1. The molecule has 0 bridgehead atoms. The van der Waals surface area contributed by atoms with Crippen LogP contribution in [0.15, 0.2) is 77.7 Å². The van der Waals surface area contributed by atoms with Crippen molar-refractivity contribution < 1.29 is 14.5 Å².